The molecule has 1 aromatic rings. The van der Waals surface area contributed by atoms with Gasteiger partial charge >= 0.3 is 5.97 Å². The lowest BCUT2D eigenvalue weighted by Crippen LogP contribution is -2.28. The number of nitrogens with one attached hydrogen (secondary N) is 1. The summed E-state index contributed by atoms with van der Waals surface area (Å²) >= 11 is 5.58. The van der Waals surface area contributed by atoms with Gasteiger partial charge in [0.1, 0.15) is 6.04 Å². The number of carbonyl (C=O) groups is 1. The van der Waals surface area contributed by atoms with Crippen LogP contribution in [0.3, 0.4) is 0 Å². The number of hydrogen-bond acceptors (Lipinski definition) is 2. The lowest BCUT2D eigenvalue weighted by atomic mass is 10.2. The third-order valence-electron chi connectivity index (χ3n) is 1.97. The van der Waals surface area contributed by atoms with E-state index < -0.39 is 12.0 Å². The molecule has 0 bridgehead atoms. The molecular weight excluding hydrogens is 373 g/mol. The Kier molecular flexibility index (Phi) is 4.85. The number of carboxylic acid groups (broad SMARTS) is 1. The van der Waals surface area contributed by atoms with Gasteiger partial charge in [-0.05, 0) is 63.1 Å². The minimum atomic E-state index is -0.824. The van der Waals surface area contributed by atoms with Gasteiger partial charge in [0.05, 0.1) is 0 Å². The first kappa shape index (κ1) is 12.8. The maximum Gasteiger partial charge on any atom is 0.326 e. The van der Waals surface area contributed by atoms with E-state index in [-0.39, 0.29) is 0 Å². The van der Waals surface area contributed by atoms with E-state index in [1.807, 2.05) is 25.1 Å². The van der Waals surface area contributed by atoms with Gasteiger partial charge in [-0.3, -0.25) is 0 Å². The average molecular weight is 384 g/mol. The Morgan fingerprint density at radius 2 is 2.33 bits per heavy atom. The normalized spacial score (nSPS) is 12.2. The first-order valence-electron chi connectivity index (χ1n) is 4.49. The van der Waals surface area contributed by atoms with Crippen LogP contribution in [-0.4, -0.2) is 17.1 Å². The molecular formula is C10H11BrINO2. The number of carboxylic acids is 1. The van der Waals surface area contributed by atoms with Gasteiger partial charge in [-0.25, -0.2) is 4.79 Å². The van der Waals surface area contributed by atoms with Crippen molar-refractivity contribution in [2.75, 3.05) is 5.32 Å². The zero-order chi connectivity index (χ0) is 11.4. The lowest BCUT2D eigenvalue weighted by Gasteiger charge is -2.14. The molecule has 0 aliphatic heterocycles. The summed E-state index contributed by atoms with van der Waals surface area (Å²) < 4.78 is 2.06. The molecule has 1 rings (SSSR count). The Balaban J connectivity index is 2.80. The minimum absolute atomic E-state index is 0.526. The minimum Gasteiger partial charge on any atom is -0.480 e. The molecule has 2 N–H and O–H groups in total. The second kappa shape index (κ2) is 5.69. The second-order valence-corrected chi connectivity index (χ2v) is 5.09. The molecule has 0 fully saturated rings. The van der Waals surface area contributed by atoms with Crippen LogP contribution in [0, 0.1) is 3.57 Å². The molecule has 0 aromatic heterocycles. The number of aliphatic carboxylic acids is 1. The maximum atomic E-state index is 10.8. The standard InChI is InChI=1S/C10H11BrINO2/c1-2-9(10(14)15)13-6-3-4-7(11)8(12)5-6/h3-5,9,13H,2H2,1H3,(H,14,15). The van der Waals surface area contributed by atoms with E-state index >= 15 is 0 Å². The van der Waals surface area contributed by atoms with Crippen LogP contribution >= 0.6 is 38.5 Å². The fourth-order valence-electron chi connectivity index (χ4n) is 1.13. The van der Waals surface area contributed by atoms with Gasteiger partial charge in [0, 0.05) is 13.7 Å². The number of anilines is 1. The number of rotatable bonds is 4. The van der Waals surface area contributed by atoms with Gasteiger partial charge in [-0.15, -0.1) is 0 Å². The van der Waals surface area contributed by atoms with Crippen LogP contribution in [0.25, 0.3) is 0 Å². The highest BCUT2D eigenvalue weighted by atomic mass is 127. The molecule has 15 heavy (non-hydrogen) atoms. The van der Waals surface area contributed by atoms with E-state index in [1.54, 1.807) is 0 Å². The van der Waals surface area contributed by atoms with E-state index in [0.717, 1.165) is 13.7 Å². The molecule has 82 valence electrons. The molecule has 5 heteroatoms. The van der Waals surface area contributed by atoms with Crippen LogP contribution in [0.5, 0.6) is 0 Å². The van der Waals surface area contributed by atoms with E-state index in [9.17, 15) is 4.79 Å². The summed E-state index contributed by atoms with van der Waals surface area (Å²) in [5.41, 5.74) is 0.830. The summed E-state index contributed by atoms with van der Waals surface area (Å²) in [6.45, 7) is 1.84. The summed E-state index contributed by atoms with van der Waals surface area (Å²) in [6.07, 6.45) is 0.558. The third kappa shape index (κ3) is 3.64. The zero-order valence-electron chi connectivity index (χ0n) is 8.13. The molecule has 0 radical (unpaired) electrons. The molecule has 0 amide bonds. The molecule has 0 aliphatic rings. The van der Waals surface area contributed by atoms with Gasteiger partial charge < -0.3 is 10.4 Å². The summed E-state index contributed by atoms with van der Waals surface area (Å²) in [6, 6.07) is 5.15. The molecule has 0 saturated carbocycles. The van der Waals surface area contributed by atoms with Crippen LogP contribution in [-0.2, 0) is 4.79 Å². The summed E-state index contributed by atoms with van der Waals surface area (Å²) in [5.74, 6) is -0.824. The Labute approximate surface area is 111 Å². The van der Waals surface area contributed by atoms with Gasteiger partial charge in [0.25, 0.3) is 0 Å². The van der Waals surface area contributed by atoms with Gasteiger partial charge in [0.2, 0.25) is 0 Å². The van der Waals surface area contributed by atoms with Crippen LogP contribution in [0.4, 0.5) is 5.69 Å². The monoisotopic (exact) mass is 383 g/mol. The summed E-state index contributed by atoms with van der Waals surface area (Å²) in [4.78, 5) is 10.8. The number of benzene rings is 1. The molecule has 3 nitrogen and oxygen atoms in total. The smallest absolute Gasteiger partial charge is 0.326 e. The maximum absolute atomic E-state index is 10.8. The van der Waals surface area contributed by atoms with Crippen molar-refractivity contribution in [2.45, 2.75) is 19.4 Å². The highest BCUT2D eigenvalue weighted by Gasteiger charge is 2.14. The summed E-state index contributed by atoms with van der Waals surface area (Å²) in [5, 5.41) is 11.9. The lowest BCUT2D eigenvalue weighted by molar-refractivity contribution is -0.137. The SMILES string of the molecule is CCC(Nc1ccc(Br)c(I)c1)C(=O)O. The first-order chi connectivity index (χ1) is 7.04. The van der Waals surface area contributed by atoms with Crippen LogP contribution < -0.4 is 5.32 Å². The fraction of sp³-hybridized carbons (Fsp3) is 0.300. The van der Waals surface area contributed by atoms with Crippen molar-refractivity contribution in [3.63, 3.8) is 0 Å². The molecule has 0 spiro atoms. The number of hydrogen-bond donors (Lipinski definition) is 2. The van der Waals surface area contributed by atoms with E-state index in [0.29, 0.717) is 6.42 Å². The molecule has 1 atom stereocenters. The van der Waals surface area contributed by atoms with Crippen LogP contribution in [0.2, 0.25) is 0 Å². The fourth-order valence-corrected chi connectivity index (χ4v) is 1.89. The Morgan fingerprint density at radius 1 is 1.67 bits per heavy atom. The molecule has 0 heterocycles. The van der Waals surface area contributed by atoms with Crippen molar-refractivity contribution in [1.29, 1.82) is 0 Å². The van der Waals surface area contributed by atoms with Crippen LogP contribution in [0.15, 0.2) is 22.7 Å². The van der Waals surface area contributed by atoms with Crippen LogP contribution in [0.1, 0.15) is 13.3 Å². The van der Waals surface area contributed by atoms with Crippen molar-refractivity contribution < 1.29 is 9.90 Å². The van der Waals surface area contributed by atoms with Gasteiger partial charge in [0.15, 0.2) is 0 Å². The van der Waals surface area contributed by atoms with Crippen molar-refractivity contribution >= 4 is 50.2 Å². The Morgan fingerprint density at radius 3 is 2.80 bits per heavy atom. The third-order valence-corrected chi connectivity index (χ3v) is 4.29. The highest BCUT2D eigenvalue weighted by Crippen LogP contribution is 2.23. The largest absolute Gasteiger partial charge is 0.480 e. The first-order valence-corrected chi connectivity index (χ1v) is 6.36. The quantitative estimate of drug-likeness (QED) is 0.784. The van der Waals surface area contributed by atoms with E-state index in [1.165, 1.54) is 0 Å². The van der Waals surface area contributed by atoms with E-state index in [2.05, 4.69) is 43.8 Å². The molecule has 1 unspecified atom stereocenters. The molecule has 1 aromatic carbocycles. The van der Waals surface area contributed by atoms with Gasteiger partial charge in [-0.1, -0.05) is 6.92 Å². The zero-order valence-corrected chi connectivity index (χ0v) is 11.9. The summed E-state index contributed by atoms with van der Waals surface area (Å²) in [7, 11) is 0. The van der Waals surface area contributed by atoms with Crippen molar-refractivity contribution in [3.8, 4) is 0 Å². The van der Waals surface area contributed by atoms with Crippen molar-refractivity contribution in [3.05, 3.63) is 26.2 Å². The van der Waals surface area contributed by atoms with Crippen molar-refractivity contribution in [2.24, 2.45) is 0 Å². The predicted octanol–water partition coefficient (Wildman–Crippen LogP) is 3.33. The average Bonchev–Trinajstić information content (AvgIpc) is 2.19. The highest BCUT2D eigenvalue weighted by molar-refractivity contribution is 14.1. The van der Waals surface area contributed by atoms with E-state index in [4.69, 9.17) is 5.11 Å². The van der Waals surface area contributed by atoms with Crippen molar-refractivity contribution in [1.82, 2.24) is 0 Å². The molecule has 0 saturated heterocycles. The molecule has 0 aliphatic carbocycles. The topological polar surface area (TPSA) is 49.3 Å². The Bertz CT molecular complexity index is 370. The Hall–Kier alpha value is -0.300. The predicted molar refractivity (Wildman–Crippen MR) is 72.2 cm³/mol. The van der Waals surface area contributed by atoms with Gasteiger partial charge in [-0.2, -0.15) is 0 Å². The second-order valence-electron chi connectivity index (χ2n) is 3.07. The number of halogens is 2.